The molecule has 0 aromatic carbocycles. The minimum absolute atomic E-state index is 0.0669. The molecule has 90 valence electrons. The van der Waals surface area contributed by atoms with Crippen LogP contribution in [0.3, 0.4) is 0 Å². The number of carbonyl (C=O) groups is 1. The Morgan fingerprint density at radius 2 is 2.25 bits per heavy atom. The largest absolute Gasteiger partial charge is 0.481 e. The Balaban J connectivity index is 2.79. The van der Waals surface area contributed by atoms with Gasteiger partial charge in [0.15, 0.2) is 5.16 Å². The molecule has 0 unspecified atom stereocenters. The first-order valence-electron chi connectivity index (χ1n) is 4.23. The normalized spacial score (nSPS) is 11.8. The molecule has 0 radical (unpaired) electrons. The summed E-state index contributed by atoms with van der Waals surface area (Å²) in [5.41, 5.74) is 0.428. The first-order chi connectivity index (χ1) is 7.28. The second kappa shape index (κ2) is 4.77. The maximum absolute atomic E-state index is 12.2. The van der Waals surface area contributed by atoms with E-state index in [1.165, 1.54) is 6.20 Å². The van der Waals surface area contributed by atoms with Crippen LogP contribution in [0.4, 0.5) is 13.2 Å². The average molecular weight is 254 g/mol. The van der Waals surface area contributed by atoms with Crippen molar-refractivity contribution >= 4 is 17.7 Å². The molecule has 1 heterocycles. The Kier molecular flexibility index (Phi) is 3.84. The monoisotopic (exact) mass is 254 g/mol. The number of hydrogen-bond acceptors (Lipinski definition) is 3. The lowest BCUT2D eigenvalue weighted by atomic mass is 10.5. The van der Waals surface area contributed by atoms with Crippen molar-refractivity contribution in [3.63, 3.8) is 0 Å². The van der Waals surface area contributed by atoms with Gasteiger partial charge in [-0.1, -0.05) is 11.8 Å². The van der Waals surface area contributed by atoms with Crippen molar-refractivity contribution in [2.75, 3.05) is 5.75 Å². The number of nitrogens with zero attached hydrogens (tertiary/aromatic N) is 2. The summed E-state index contributed by atoms with van der Waals surface area (Å²) < 4.78 is 37.4. The number of carboxylic acid groups (broad SMARTS) is 1. The van der Waals surface area contributed by atoms with Crippen LogP contribution >= 0.6 is 11.8 Å². The topological polar surface area (TPSA) is 55.1 Å². The standard InChI is InChI=1S/C8H9F3N2O2S/c1-5-2-13(4-8(9,10)11)7(12-5)16-3-6(14)15/h2H,3-4H2,1H3,(H,14,15). The van der Waals surface area contributed by atoms with Gasteiger partial charge in [-0.2, -0.15) is 13.2 Å². The Hall–Kier alpha value is -1.18. The summed E-state index contributed by atoms with van der Waals surface area (Å²) in [5, 5.41) is 8.49. The smallest absolute Gasteiger partial charge is 0.406 e. The van der Waals surface area contributed by atoms with Crippen molar-refractivity contribution < 1.29 is 23.1 Å². The quantitative estimate of drug-likeness (QED) is 0.834. The van der Waals surface area contributed by atoms with Gasteiger partial charge in [0.25, 0.3) is 0 Å². The van der Waals surface area contributed by atoms with E-state index in [-0.39, 0.29) is 10.9 Å². The molecule has 4 nitrogen and oxygen atoms in total. The first kappa shape index (κ1) is 12.9. The number of hydrogen-bond donors (Lipinski definition) is 1. The van der Waals surface area contributed by atoms with Gasteiger partial charge < -0.3 is 9.67 Å². The summed E-state index contributed by atoms with van der Waals surface area (Å²) in [5.74, 6) is -1.40. The molecule has 0 aliphatic heterocycles. The van der Waals surface area contributed by atoms with Crippen molar-refractivity contribution in [3.05, 3.63) is 11.9 Å². The lowest BCUT2D eigenvalue weighted by molar-refractivity contribution is -0.142. The third-order valence-electron chi connectivity index (χ3n) is 1.53. The fourth-order valence-corrected chi connectivity index (χ4v) is 1.82. The van der Waals surface area contributed by atoms with Gasteiger partial charge in [-0.15, -0.1) is 0 Å². The molecule has 0 saturated carbocycles. The maximum Gasteiger partial charge on any atom is 0.406 e. The van der Waals surface area contributed by atoms with E-state index in [0.717, 1.165) is 16.3 Å². The lowest BCUT2D eigenvalue weighted by Crippen LogP contribution is -2.18. The minimum Gasteiger partial charge on any atom is -0.481 e. The van der Waals surface area contributed by atoms with Gasteiger partial charge in [0.1, 0.15) is 6.54 Å². The van der Waals surface area contributed by atoms with Crippen molar-refractivity contribution in [2.24, 2.45) is 0 Å². The highest BCUT2D eigenvalue weighted by atomic mass is 32.2. The number of halogens is 3. The molecule has 0 saturated heterocycles. The summed E-state index contributed by atoms with van der Waals surface area (Å²) >= 11 is 0.769. The van der Waals surface area contributed by atoms with E-state index < -0.39 is 18.7 Å². The summed E-state index contributed by atoms with van der Waals surface area (Å²) in [7, 11) is 0. The van der Waals surface area contributed by atoms with Crippen LogP contribution in [0.25, 0.3) is 0 Å². The molecule has 0 bridgehead atoms. The van der Waals surface area contributed by atoms with E-state index in [1.807, 2.05) is 0 Å². The molecule has 8 heteroatoms. The van der Waals surface area contributed by atoms with E-state index in [2.05, 4.69) is 4.98 Å². The highest BCUT2D eigenvalue weighted by molar-refractivity contribution is 7.99. The van der Waals surface area contributed by atoms with E-state index in [4.69, 9.17) is 5.11 Å². The van der Waals surface area contributed by atoms with Gasteiger partial charge in [-0.25, -0.2) is 4.98 Å². The predicted octanol–water partition coefficient (Wildman–Crippen LogP) is 1.93. The molecule has 1 aromatic heterocycles. The van der Waals surface area contributed by atoms with Crippen LogP contribution in [0, 0.1) is 6.92 Å². The van der Waals surface area contributed by atoms with Crippen molar-refractivity contribution in [1.29, 1.82) is 0 Å². The zero-order chi connectivity index (χ0) is 12.3. The van der Waals surface area contributed by atoms with Crippen molar-refractivity contribution in [2.45, 2.75) is 24.8 Å². The van der Waals surface area contributed by atoms with Crippen LogP contribution in [-0.2, 0) is 11.3 Å². The van der Waals surface area contributed by atoms with Crippen molar-refractivity contribution in [1.82, 2.24) is 9.55 Å². The van der Waals surface area contributed by atoms with Crippen LogP contribution in [0.5, 0.6) is 0 Å². The fraction of sp³-hybridized carbons (Fsp3) is 0.500. The lowest BCUT2D eigenvalue weighted by Gasteiger charge is -2.09. The first-order valence-corrected chi connectivity index (χ1v) is 5.21. The zero-order valence-electron chi connectivity index (χ0n) is 8.28. The molecule has 0 atom stereocenters. The molecule has 1 aromatic rings. The molecule has 0 fully saturated rings. The zero-order valence-corrected chi connectivity index (χ0v) is 9.10. The molecule has 0 aliphatic carbocycles. The number of alkyl halides is 3. The van der Waals surface area contributed by atoms with E-state index in [0.29, 0.717) is 5.69 Å². The predicted molar refractivity (Wildman–Crippen MR) is 51.4 cm³/mol. The van der Waals surface area contributed by atoms with Gasteiger partial charge in [0.05, 0.1) is 11.4 Å². The number of aryl methyl sites for hydroxylation is 1. The molecule has 1 rings (SSSR count). The highest BCUT2D eigenvalue weighted by Crippen LogP contribution is 2.23. The Bertz CT molecular complexity index is 389. The molecular formula is C8H9F3N2O2S. The summed E-state index contributed by atoms with van der Waals surface area (Å²) in [6, 6.07) is 0. The summed E-state index contributed by atoms with van der Waals surface area (Å²) in [4.78, 5) is 14.1. The Labute approximate surface area is 93.5 Å². The molecule has 0 spiro atoms. The van der Waals surface area contributed by atoms with Crippen LogP contribution in [0.2, 0.25) is 0 Å². The van der Waals surface area contributed by atoms with E-state index in [9.17, 15) is 18.0 Å². The number of aromatic nitrogens is 2. The molecular weight excluding hydrogens is 245 g/mol. The average Bonchev–Trinajstić information content (AvgIpc) is 2.39. The second-order valence-corrected chi connectivity index (χ2v) is 4.03. The third-order valence-corrected chi connectivity index (χ3v) is 2.51. The van der Waals surface area contributed by atoms with E-state index >= 15 is 0 Å². The number of aliphatic carboxylic acids is 1. The van der Waals surface area contributed by atoms with Gasteiger partial charge in [0, 0.05) is 6.20 Å². The van der Waals surface area contributed by atoms with Gasteiger partial charge >= 0.3 is 12.1 Å². The van der Waals surface area contributed by atoms with Crippen molar-refractivity contribution in [3.8, 4) is 0 Å². The number of carboxylic acids is 1. The van der Waals surface area contributed by atoms with Gasteiger partial charge in [-0.05, 0) is 6.92 Å². The van der Waals surface area contributed by atoms with E-state index in [1.54, 1.807) is 6.92 Å². The van der Waals surface area contributed by atoms with Gasteiger partial charge in [0.2, 0.25) is 0 Å². The van der Waals surface area contributed by atoms with Crippen LogP contribution in [0.1, 0.15) is 5.69 Å². The van der Waals surface area contributed by atoms with Gasteiger partial charge in [-0.3, -0.25) is 4.79 Å². The molecule has 0 aliphatic rings. The fourth-order valence-electron chi connectivity index (χ4n) is 1.07. The molecule has 16 heavy (non-hydrogen) atoms. The molecule has 1 N–H and O–H groups in total. The summed E-state index contributed by atoms with van der Waals surface area (Å²) in [6.07, 6.45) is -3.09. The highest BCUT2D eigenvalue weighted by Gasteiger charge is 2.29. The van der Waals surface area contributed by atoms with Crippen LogP contribution in [0.15, 0.2) is 11.4 Å². The number of imidazole rings is 1. The molecule has 0 amide bonds. The third kappa shape index (κ3) is 4.13. The number of rotatable bonds is 4. The maximum atomic E-state index is 12.2. The summed E-state index contributed by atoms with van der Waals surface area (Å²) in [6.45, 7) is 0.396. The number of thioether (sulfide) groups is 1. The second-order valence-electron chi connectivity index (χ2n) is 3.09. The minimum atomic E-state index is -4.34. The van der Waals surface area contributed by atoms with Crippen LogP contribution in [-0.4, -0.2) is 32.6 Å². The Morgan fingerprint density at radius 1 is 1.62 bits per heavy atom. The Morgan fingerprint density at radius 3 is 2.75 bits per heavy atom. The van der Waals surface area contributed by atoms with Crippen LogP contribution < -0.4 is 0 Å². The SMILES string of the molecule is Cc1cn(CC(F)(F)F)c(SCC(=O)O)n1.